The molecule has 0 radical (unpaired) electrons. The number of hydrogen-bond acceptors (Lipinski definition) is 1. The number of halogens is 2. The molecular formula is C10H9F2N. The number of terminal acetylenes is 1. The van der Waals surface area contributed by atoms with Crippen LogP contribution < -0.4 is 5.32 Å². The van der Waals surface area contributed by atoms with Gasteiger partial charge in [0.1, 0.15) is 0 Å². The SMILES string of the molecule is C#Cc1ccc(CNC)c(F)c1F. The molecule has 1 aromatic rings. The summed E-state index contributed by atoms with van der Waals surface area (Å²) >= 11 is 0. The van der Waals surface area contributed by atoms with E-state index in [0.29, 0.717) is 0 Å². The molecular weight excluding hydrogens is 172 g/mol. The van der Waals surface area contributed by atoms with Gasteiger partial charge in [-0.25, -0.2) is 8.78 Å². The Morgan fingerprint density at radius 1 is 1.38 bits per heavy atom. The van der Waals surface area contributed by atoms with Crippen molar-refractivity contribution in [3.8, 4) is 12.3 Å². The fraction of sp³-hybridized carbons (Fsp3) is 0.200. The summed E-state index contributed by atoms with van der Waals surface area (Å²) in [6.07, 6.45) is 4.97. The maximum Gasteiger partial charge on any atom is 0.174 e. The number of hydrogen-bond donors (Lipinski definition) is 1. The first-order chi connectivity index (χ1) is 6.20. The Bertz CT molecular complexity index is 353. The molecule has 0 aliphatic rings. The fourth-order valence-corrected chi connectivity index (χ4v) is 1.03. The highest BCUT2D eigenvalue weighted by Gasteiger charge is 2.10. The highest BCUT2D eigenvalue weighted by molar-refractivity contribution is 5.36. The van der Waals surface area contributed by atoms with Crippen molar-refractivity contribution in [3.05, 3.63) is 34.9 Å². The first-order valence-electron chi connectivity index (χ1n) is 3.78. The molecule has 0 heterocycles. The van der Waals surface area contributed by atoms with Gasteiger partial charge in [0, 0.05) is 12.1 Å². The van der Waals surface area contributed by atoms with Crippen LogP contribution in [-0.4, -0.2) is 7.05 Å². The lowest BCUT2D eigenvalue weighted by Crippen LogP contribution is -2.08. The van der Waals surface area contributed by atoms with E-state index in [-0.39, 0.29) is 17.7 Å². The van der Waals surface area contributed by atoms with E-state index in [1.165, 1.54) is 12.1 Å². The average Bonchev–Trinajstić information content (AvgIpc) is 2.14. The van der Waals surface area contributed by atoms with E-state index in [1.54, 1.807) is 7.05 Å². The molecule has 3 heteroatoms. The molecule has 0 amide bonds. The van der Waals surface area contributed by atoms with E-state index in [1.807, 2.05) is 0 Å². The topological polar surface area (TPSA) is 12.0 Å². The molecule has 0 unspecified atom stereocenters. The van der Waals surface area contributed by atoms with Crippen molar-refractivity contribution < 1.29 is 8.78 Å². The molecule has 1 aromatic carbocycles. The predicted octanol–water partition coefficient (Wildman–Crippen LogP) is 1.67. The van der Waals surface area contributed by atoms with Crippen LogP contribution in [0.1, 0.15) is 11.1 Å². The third-order valence-electron chi connectivity index (χ3n) is 1.69. The number of rotatable bonds is 2. The Hall–Kier alpha value is -1.40. The second kappa shape index (κ2) is 4.01. The van der Waals surface area contributed by atoms with Gasteiger partial charge in [-0.2, -0.15) is 0 Å². The van der Waals surface area contributed by atoms with Crippen molar-refractivity contribution in [3.63, 3.8) is 0 Å². The smallest absolute Gasteiger partial charge is 0.174 e. The molecule has 0 fully saturated rings. The van der Waals surface area contributed by atoms with Crippen LogP contribution in [0.15, 0.2) is 12.1 Å². The minimum Gasteiger partial charge on any atom is -0.316 e. The lowest BCUT2D eigenvalue weighted by atomic mass is 10.1. The van der Waals surface area contributed by atoms with E-state index in [0.717, 1.165) is 0 Å². The van der Waals surface area contributed by atoms with Crippen LogP contribution in [0.4, 0.5) is 8.78 Å². The molecule has 0 atom stereocenters. The number of benzene rings is 1. The van der Waals surface area contributed by atoms with Crippen LogP contribution in [0.25, 0.3) is 0 Å². The van der Waals surface area contributed by atoms with Gasteiger partial charge in [-0.05, 0) is 13.1 Å². The van der Waals surface area contributed by atoms with Gasteiger partial charge >= 0.3 is 0 Å². The van der Waals surface area contributed by atoms with E-state index in [2.05, 4.69) is 11.2 Å². The summed E-state index contributed by atoms with van der Waals surface area (Å²) in [7, 11) is 1.66. The van der Waals surface area contributed by atoms with Gasteiger partial charge in [0.25, 0.3) is 0 Å². The van der Waals surface area contributed by atoms with Crippen molar-refractivity contribution in [2.24, 2.45) is 0 Å². The molecule has 0 aliphatic carbocycles. The summed E-state index contributed by atoms with van der Waals surface area (Å²) < 4.78 is 26.2. The Balaban J connectivity index is 3.17. The standard InChI is InChI=1S/C10H9F2N/c1-3-7-4-5-8(6-13-2)10(12)9(7)11/h1,4-5,13H,6H2,2H3. The highest BCUT2D eigenvalue weighted by Crippen LogP contribution is 2.15. The third kappa shape index (κ3) is 1.85. The molecule has 0 spiro atoms. The Morgan fingerprint density at radius 2 is 2.08 bits per heavy atom. The largest absolute Gasteiger partial charge is 0.316 e. The fourth-order valence-electron chi connectivity index (χ4n) is 1.03. The average molecular weight is 181 g/mol. The summed E-state index contributed by atoms with van der Waals surface area (Å²) in [5, 5.41) is 2.73. The van der Waals surface area contributed by atoms with E-state index >= 15 is 0 Å². The van der Waals surface area contributed by atoms with Gasteiger partial charge in [-0.1, -0.05) is 12.0 Å². The molecule has 68 valence electrons. The maximum atomic E-state index is 13.1. The minimum absolute atomic E-state index is 0.0441. The lowest BCUT2D eigenvalue weighted by molar-refractivity contribution is 0.494. The molecule has 1 rings (SSSR count). The van der Waals surface area contributed by atoms with Crippen LogP contribution >= 0.6 is 0 Å². The summed E-state index contributed by atoms with van der Waals surface area (Å²) in [6.45, 7) is 0.285. The first kappa shape index (κ1) is 9.69. The summed E-state index contributed by atoms with van der Waals surface area (Å²) in [6, 6.07) is 2.87. The van der Waals surface area contributed by atoms with E-state index in [4.69, 9.17) is 6.42 Å². The van der Waals surface area contributed by atoms with Gasteiger partial charge in [-0.3, -0.25) is 0 Å². The normalized spacial score (nSPS) is 9.69. The van der Waals surface area contributed by atoms with Crippen molar-refractivity contribution in [2.75, 3.05) is 7.05 Å². The van der Waals surface area contributed by atoms with E-state index < -0.39 is 11.6 Å². The van der Waals surface area contributed by atoms with Crippen molar-refractivity contribution >= 4 is 0 Å². The van der Waals surface area contributed by atoms with Crippen molar-refractivity contribution in [2.45, 2.75) is 6.54 Å². The molecule has 1 nitrogen and oxygen atoms in total. The van der Waals surface area contributed by atoms with Crippen LogP contribution in [0.3, 0.4) is 0 Å². The molecule has 0 saturated carbocycles. The van der Waals surface area contributed by atoms with Crippen molar-refractivity contribution in [1.82, 2.24) is 5.32 Å². The monoisotopic (exact) mass is 181 g/mol. The molecule has 0 bridgehead atoms. The minimum atomic E-state index is -0.949. The van der Waals surface area contributed by atoms with Gasteiger partial charge < -0.3 is 5.32 Å². The van der Waals surface area contributed by atoms with Gasteiger partial charge in [0.2, 0.25) is 0 Å². The second-order valence-corrected chi connectivity index (χ2v) is 2.57. The zero-order valence-corrected chi connectivity index (χ0v) is 7.20. The summed E-state index contributed by atoms with van der Waals surface area (Å²) in [5.74, 6) is 0.251. The molecule has 0 saturated heterocycles. The highest BCUT2D eigenvalue weighted by atomic mass is 19.2. The van der Waals surface area contributed by atoms with Crippen molar-refractivity contribution in [1.29, 1.82) is 0 Å². The van der Waals surface area contributed by atoms with Gasteiger partial charge in [-0.15, -0.1) is 6.42 Å². The summed E-state index contributed by atoms with van der Waals surface area (Å²) in [4.78, 5) is 0. The Morgan fingerprint density at radius 3 is 2.62 bits per heavy atom. The number of nitrogens with one attached hydrogen (secondary N) is 1. The van der Waals surface area contributed by atoms with Crippen LogP contribution in [0, 0.1) is 24.0 Å². The summed E-state index contributed by atoms with van der Waals surface area (Å²) in [5.41, 5.74) is 0.233. The van der Waals surface area contributed by atoms with Crippen LogP contribution in [0.2, 0.25) is 0 Å². The second-order valence-electron chi connectivity index (χ2n) is 2.57. The molecule has 0 aromatic heterocycles. The molecule has 1 N–H and O–H groups in total. The molecule has 13 heavy (non-hydrogen) atoms. The Labute approximate surface area is 75.8 Å². The Kier molecular flexibility index (Phi) is 2.99. The lowest BCUT2D eigenvalue weighted by Gasteiger charge is -2.03. The van der Waals surface area contributed by atoms with Crippen LogP contribution in [0.5, 0.6) is 0 Å². The van der Waals surface area contributed by atoms with Gasteiger partial charge in [0.15, 0.2) is 11.6 Å². The maximum absolute atomic E-state index is 13.1. The zero-order valence-electron chi connectivity index (χ0n) is 7.20. The first-order valence-corrected chi connectivity index (χ1v) is 3.78. The van der Waals surface area contributed by atoms with E-state index in [9.17, 15) is 8.78 Å². The quantitative estimate of drug-likeness (QED) is 0.684. The van der Waals surface area contributed by atoms with Crippen LogP contribution in [-0.2, 0) is 6.54 Å². The predicted molar refractivity (Wildman–Crippen MR) is 47.1 cm³/mol. The zero-order chi connectivity index (χ0) is 9.84. The van der Waals surface area contributed by atoms with Gasteiger partial charge in [0.05, 0.1) is 5.56 Å². The third-order valence-corrected chi connectivity index (χ3v) is 1.69. The molecule has 0 aliphatic heterocycles.